The molecule has 0 amide bonds. The van der Waals surface area contributed by atoms with E-state index < -0.39 is 12.0 Å². The second-order valence-electron chi connectivity index (χ2n) is 7.67. The Morgan fingerprint density at radius 1 is 1.00 bits per heavy atom. The van der Waals surface area contributed by atoms with E-state index in [-0.39, 0.29) is 6.04 Å². The average Bonchev–Trinajstić information content (AvgIpc) is 2.81. The molecule has 0 radical (unpaired) electrons. The summed E-state index contributed by atoms with van der Waals surface area (Å²) >= 11 is 0. The van der Waals surface area contributed by atoms with Crippen LogP contribution >= 0.6 is 0 Å². The lowest BCUT2D eigenvalue weighted by Gasteiger charge is -2.40. The molecule has 2 unspecified atom stereocenters. The Kier molecular flexibility index (Phi) is 8.22. The smallest absolute Gasteiger partial charge is 0.320 e. The summed E-state index contributed by atoms with van der Waals surface area (Å²) in [4.78, 5) is 14.2. The van der Waals surface area contributed by atoms with Gasteiger partial charge in [0.15, 0.2) is 11.5 Å². The fourth-order valence-corrected chi connectivity index (χ4v) is 4.36. The Balaban J connectivity index is 2.17. The molecule has 2 aromatic carbocycles. The first-order chi connectivity index (χ1) is 15.5. The van der Waals surface area contributed by atoms with Crippen molar-refractivity contribution in [3.8, 4) is 23.0 Å². The molecule has 7 nitrogen and oxygen atoms in total. The summed E-state index contributed by atoms with van der Waals surface area (Å²) < 4.78 is 22.7. The van der Waals surface area contributed by atoms with E-state index in [1.807, 2.05) is 50.2 Å². The number of hydrogen-bond acceptors (Lipinski definition) is 6. The average molecular weight is 444 g/mol. The molecular formula is C25H33NO6. The Labute approximate surface area is 189 Å². The van der Waals surface area contributed by atoms with Gasteiger partial charge in [-0.05, 0) is 63.1 Å². The number of nitrogens with zero attached hydrogens (tertiary/aromatic N) is 1. The van der Waals surface area contributed by atoms with E-state index in [1.165, 1.54) is 0 Å². The van der Waals surface area contributed by atoms with Crippen molar-refractivity contribution in [2.75, 3.05) is 34.0 Å². The lowest BCUT2D eigenvalue weighted by Crippen LogP contribution is -2.46. The standard InChI is InChI=1S/C25H33NO6/c1-5-31-21-13-10-17(15-23(21)32-6-2)24(26-14-8-7-9-20(26)25(27)28)19-12-11-18(29-3)16-22(19)30-4/h10-13,15-16,20,24H,5-9,14H2,1-4H3,(H,27,28). The lowest BCUT2D eigenvalue weighted by atomic mass is 9.91. The predicted molar refractivity (Wildman–Crippen MR) is 122 cm³/mol. The van der Waals surface area contributed by atoms with Gasteiger partial charge in [0.1, 0.15) is 17.5 Å². The Bertz CT molecular complexity index is 915. The van der Waals surface area contributed by atoms with Crippen molar-refractivity contribution in [1.82, 2.24) is 4.90 Å². The van der Waals surface area contributed by atoms with Gasteiger partial charge in [-0.2, -0.15) is 0 Å². The molecule has 32 heavy (non-hydrogen) atoms. The third-order valence-corrected chi connectivity index (χ3v) is 5.78. The maximum atomic E-state index is 12.2. The highest BCUT2D eigenvalue weighted by molar-refractivity contribution is 5.74. The molecule has 2 aromatic rings. The quantitative estimate of drug-likeness (QED) is 0.578. The van der Waals surface area contributed by atoms with Crippen LogP contribution in [0.15, 0.2) is 36.4 Å². The van der Waals surface area contributed by atoms with Gasteiger partial charge in [0, 0.05) is 11.6 Å². The normalized spacial score (nSPS) is 17.4. The molecule has 1 heterocycles. The number of rotatable bonds is 10. The predicted octanol–water partition coefficient (Wildman–Crippen LogP) is 4.53. The fraction of sp³-hybridized carbons (Fsp3) is 0.480. The molecule has 1 fully saturated rings. The van der Waals surface area contributed by atoms with Crippen LogP contribution in [0.4, 0.5) is 0 Å². The summed E-state index contributed by atoms with van der Waals surface area (Å²) in [5, 5.41) is 9.98. The van der Waals surface area contributed by atoms with E-state index in [9.17, 15) is 9.90 Å². The number of methoxy groups -OCH3 is 2. The highest BCUT2D eigenvalue weighted by atomic mass is 16.5. The van der Waals surface area contributed by atoms with E-state index in [0.29, 0.717) is 49.2 Å². The minimum Gasteiger partial charge on any atom is -0.497 e. The Morgan fingerprint density at radius 3 is 2.41 bits per heavy atom. The second-order valence-corrected chi connectivity index (χ2v) is 7.67. The number of carboxylic acid groups (broad SMARTS) is 1. The van der Waals surface area contributed by atoms with Gasteiger partial charge in [-0.1, -0.05) is 12.5 Å². The molecule has 1 aliphatic heterocycles. The molecule has 0 aliphatic carbocycles. The number of carboxylic acids is 1. The summed E-state index contributed by atoms with van der Waals surface area (Å²) in [6.45, 7) is 5.56. The van der Waals surface area contributed by atoms with Crippen LogP contribution in [0, 0.1) is 0 Å². The molecule has 2 atom stereocenters. The van der Waals surface area contributed by atoms with Gasteiger partial charge in [-0.25, -0.2) is 0 Å². The van der Waals surface area contributed by atoms with E-state index in [1.54, 1.807) is 14.2 Å². The van der Waals surface area contributed by atoms with E-state index in [4.69, 9.17) is 18.9 Å². The first-order valence-corrected chi connectivity index (χ1v) is 11.1. The van der Waals surface area contributed by atoms with Crippen molar-refractivity contribution in [2.45, 2.75) is 45.2 Å². The summed E-state index contributed by atoms with van der Waals surface area (Å²) in [5.74, 6) is 1.84. The maximum absolute atomic E-state index is 12.2. The molecule has 0 aromatic heterocycles. The first kappa shape index (κ1) is 23.7. The van der Waals surface area contributed by atoms with Gasteiger partial charge in [0.2, 0.25) is 0 Å². The van der Waals surface area contributed by atoms with Crippen molar-refractivity contribution in [2.24, 2.45) is 0 Å². The van der Waals surface area contributed by atoms with E-state index >= 15 is 0 Å². The van der Waals surface area contributed by atoms with Gasteiger partial charge < -0.3 is 24.1 Å². The summed E-state index contributed by atoms with van der Waals surface area (Å²) in [6, 6.07) is 10.6. The molecule has 0 saturated carbocycles. The maximum Gasteiger partial charge on any atom is 0.320 e. The lowest BCUT2D eigenvalue weighted by molar-refractivity contribution is -0.145. The summed E-state index contributed by atoms with van der Waals surface area (Å²) in [7, 11) is 3.22. The van der Waals surface area contributed by atoms with Crippen LogP contribution in [0.5, 0.6) is 23.0 Å². The fourth-order valence-electron chi connectivity index (χ4n) is 4.36. The topological polar surface area (TPSA) is 77.5 Å². The largest absolute Gasteiger partial charge is 0.497 e. The van der Waals surface area contributed by atoms with Crippen LogP contribution in [0.1, 0.15) is 50.3 Å². The molecule has 3 rings (SSSR count). The second kappa shape index (κ2) is 11.1. The molecule has 1 aliphatic rings. The van der Waals surface area contributed by atoms with Gasteiger partial charge in [0.05, 0.1) is 33.5 Å². The number of benzene rings is 2. The zero-order valence-electron chi connectivity index (χ0n) is 19.3. The summed E-state index contributed by atoms with van der Waals surface area (Å²) in [6.07, 6.45) is 2.45. The Morgan fingerprint density at radius 2 is 1.75 bits per heavy atom. The molecule has 1 saturated heterocycles. The van der Waals surface area contributed by atoms with Crippen molar-refractivity contribution in [1.29, 1.82) is 0 Å². The number of likely N-dealkylation sites (tertiary alicyclic amines) is 1. The minimum atomic E-state index is -0.807. The molecule has 7 heteroatoms. The van der Waals surface area contributed by atoms with E-state index in [2.05, 4.69) is 4.90 Å². The molecule has 0 bridgehead atoms. The molecule has 1 N–H and O–H groups in total. The number of aliphatic carboxylic acids is 1. The van der Waals surface area contributed by atoms with Crippen molar-refractivity contribution in [3.63, 3.8) is 0 Å². The Hall–Kier alpha value is -2.93. The van der Waals surface area contributed by atoms with Crippen LogP contribution in [0.25, 0.3) is 0 Å². The zero-order chi connectivity index (χ0) is 23.1. The monoisotopic (exact) mass is 443 g/mol. The van der Waals surface area contributed by atoms with Crippen molar-refractivity contribution < 1.29 is 28.8 Å². The van der Waals surface area contributed by atoms with Gasteiger partial charge >= 0.3 is 5.97 Å². The number of hydrogen-bond donors (Lipinski definition) is 1. The zero-order valence-corrected chi connectivity index (χ0v) is 19.3. The van der Waals surface area contributed by atoms with Crippen LogP contribution in [0.3, 0.4) is 0 Å². The van der Waals surface area contributed by atoms with E-state index in [0.717, 1.165) is 24.0 Å². The van der Waals surface area contributed by atoms with Crippen LogP contribution in [0.2, 0.25) is 0 Å². The van der Waals surface area contributed by atoms with Crippen LogP contribution in [-0.4, -0.2) is 56.0 Å². The van der Waals surface area contributed by atoms with Gasteiger partial charge in [0.25, 0.3) is 0 Å². The summed E-state index contributed by atoms with van der Waals surface area (Å²) in [5.41, 5.74) is 1.81. The number of ether oxygens (including phenoxy) is 4. The third-order valence-electron chi connectivity index (χ3n) is 5.78. The van der Waals surface area contributed by atoms with Crippen molar-refractivity contribution >= 4 is 5.97 Å². The van der Waals surface area contributed by atoms with Crippen LogP contribution < -0.4 is 18.9 Å². The number of carbonyl (C=O) groups is 1. The number of piperidine rings is 1. The van der Waals surface area contributed by atoms with Crippen LogP contribution in [-0.2, 0) is 4.79 Å². The molecular weight excluding hydrogens is 410 g/mol. The van der Waals surface area contributed by atoms with Crippen molar-refractivity contribution in [3.05, 3.63) is 47.5 Å². The SMILES string of the molecule is CCOc1ccc(C(c2ccc(OC)cc2OC)N2CCCCC2C(=O)O)cc1OCC. The highest BCUT2D eigenvalue weighted by Crippen LogP contribution is 2.42. The van der Waals surface area contributed by atoms with Gasteiger partial charge in [-0.3, -0.25) is 9.69 Å². The minimum absolute atomic E-state index is 0.327. The first-order valence-electron chi connectivity index (χ1n) is 11.1. The molecule has 0 spiro atoms. The van der Waals surface area contributed by atoms with Gasteiger partial charge in [-0.15, -0.1) is 0 Å². The molecule has 174 valence electrons. The highest BCUT2D eigenvalue weighted by Gasteiger charge is 2.36. The third kappa shape index (κ3) is 5.10.